The molecule has 0 N–H and O–H groups in total. The van der Waals surface area contributed by atoms with Crippen molar-refractivity contribution in [3.63, 3.8) is 0 Å². The predicted octanol–water partition coefficient (Wildman–Crippen LogP) is 8.69. The van der Waals surface area contributed by atoms with Crippen molar-refractivity contribution in [2.45, 2.75) is 83.1 Å². The smallest absolute Gasteiger partial charge is 0.00511 e. The highest BCUT2D eigenvalue weighted by atomic mass is 14.1. The van der Waals surface area contributed by atoms with Gasteiger partial charge in [0.25, 0.3) is 0 Å². The Hall–Kier alpha value is -1.30. The average molecular weight is 333 g/mol. The highest BCUT2D eigenvalue weighted by molar-refractivity contribution is 5.22. The molecule has 0 heteroatoms. The zero-order valence-electron chi connectivity index (χ0n) is 18.6. The van der Waals surface area contributed by atoms with Crippen molar-refractivity contribution in [2.24, 2.45) is 11.8 Å². The van der Waals surface area contributed by atoms with Crippen molar-refractivity contribution in [2.75, 3.05) is 0 Å². The fourth-order valence-electron chi connectivity index (χ4n) is 1.54. The normalized spacial score (nSPS) is 13.8. The minimum Gasteiger partial charge on any atom is -0.0810 e. The summed E-state index contributed by atoms with van der Waals surface area (Å²) in [5, 5.41) is 0. The molecule has 0 fully saturated rings. The minimum atomic E-state index is 0.490. The number of allylic oxidation sites excluding steroid dienone is 10. The van der Waals surface area contributed by atoms with Crippen LogP contribution in [0.4, 0.5) is 0 Å². The van der Waals surface area contributed by atoms with Crippen LogP contribution < -0.4 is 0 Å². The maximum absolute atomic E-state index is 2.31. The summed E-state index contributed by atoms with van der Waals surface area (Å²) in [7, 11) is 0. The molecule has 0 aromatic heterocycles. The summed E-state index contributed by atoms with van der Waals surface area (Å²) in [5.74, 6) is 0.980. The SMILES string of the molecule is CC.CC.CC(C)=C/C=C(\C)C(C)/C=C\C(C)/C(C)=C/C=C(C)C. The molecular weight excluding hydrogens is 288 g/mol. The van der Waals surface area contributed by atoms with Gasteiger partial charge in [0.15, 0.2) is 0 Å². The van der Waals surface area contributed by atoms with Gasteiger partial charge >= 0.3 is 0 Å². The molecular formula is C24H44. The fourth-order valence-corrected chi connectivity index (χ4v) is 1.54. The van der Waals surface area contributed by atoms with E-state index in [0.717, 1.165) is 0 Å². The summed E-state index contributed by atoms with van der Waals surface area (Å²) in [6.07, 6.45) is 13.4. The molecule has 2 unspecified atom stereocenters. The van der Waals surface area contributed by atoms with Crippen molar-refractivity contribution in [1.82, 2.24) is 0 Å². The van der Waals surface area contributed by atoms with E-state index in [2.05, 4.69) is 91.8 Å². The molecule has 140 valence electrons. The van der Waals surface area contributed by atoms with Crippen molar-refractivity contribution >= 4 is 0 Å². The zero-order valence-corrected chi connectivity index (χ0v) is 18.6. The van der Waals surface area contributed by atoms with Gasteiger partial charge in [-0.1, -0.05) is 100 Å². The van der Waals surface area contributed by atoms with Gasteiger partial charge in [-0.05, 0) is 53.4 Å². The van der Waals surface area contributed by atoms with Gasteiger partial charge in [-0.25, -0.2) is 0 Å². The van der Waals surface area contributed by atoms with Crippen LogP contribution in [-0.4, -0.2) is 0 Å². The van der Waals surface area contributed by atoms with E-state index >= 15 is 0 Å². The largest absolute Gasteiger partial charge is 0.0810 e. The van der Waals surface area contributed by atoms with Crippen LogP contribution in [-0.2, 0) is 0 Å². The lowest BCUT2D eigenvalue weighted by molar-refractivity contribution is 0.813. The van der Waals surface area contributed by atoms with Gasteiger partial charge in [0.05, 0.1) is 0 Å². The Morgan fingerprint density at radius 2 is 0.750 bits per heavy atom. The Bertz CT molecular complexity index is 389. The van der Waals surface area contributed by atoms with Crippen molar-refractivity contribution in [1.29, 1.82) is 0 Å². The van der Waals surface area contributed by atoms with Gasteiger partial charge in [0, 0.05) is 0 Å². The van der Waals surface area contributed by atoms with E-state index in [1.807, 2.05) is 27.7 Å². The Morgan fingerprint density at radius 1 is 0.500 bits per heavy atom. The van der Waals surface area contributed by atoms with Gasteiger partial charge < -0.3 is 0 Å². The zero-order chi connectivity index (χ0) is 19.7. The molecule has 0 aliphatic rings. The molecule has 0 bridgehead atoms. The first-order chi connectivity index (χ1) is 11.2. The fraction of sp³-hybridized carbons (Fsp3) is 0.583. The van der Waals surface area contributed by atoms with Crippen molar-refractivity contribution in [3.8, 4) is 0 Å². The molecule has 0 amide bonds. The predicted molar refractivity (Wildman–Crippen MR) is 117 cm³/mol. The monoisotopic (exact) mass is 332 g/mol. The van der Waals surface area contributed by atoms with E-state index in [-0.39, 0.29) is 0 Å². The van der Waals surface area contributed by atoms with Crippen LogP contribution in [0.1, 0.15) is 83.1 Å². The second-order valence-corrected chi connectivity index (χ2v) is 6.27. The standard InChI is InChI=1S/C20H32.2C2H6/c1-15(2)9-11-17(5)19(7)13-14-20(8)18(6)12-10-16(3)4;2*1-2/h9-14,19-20H,1-8H3;2*1-2H3/b14-13-,17-11+,18-12+;;. The van der Waals surface area contributed by atoms with Crippen LogP contribution in [0.2, 0.25) is 0 Å². The lowest BCUT2D eigenvalue weighted by Gasteiger charge is -2.10. The maximum Gasteiger partial charge on any atom is -0.00511 e. The topological polar surface area (TPSA) is 0 Å². The minimum absolute atomic E-state index is 0.490. The van der Waals surface area contributed by atoms with Gasteiger partial charge in [-0.2, -0.15) is 0 Å². The van der Waals surface area contributed by atoms with Crippen LogP contribution in [0.25, 0.3) is 0 Å². The van der Waals surface area contributed by atoms with Crippen LogP contribution in [0.15, 0.2) is 58.7 Å². The summed E-state index contributed by atoms with van der Waals surface area (Å²) >= 11 is 0. The summed E-state index contributed by atoms with van der Waals surface area (Å²) in [6, 6.07) is 0. The van der Waals surface area contributed by atoms with E-state index in [1.165, 1.54) is 22.3 Å². The quantitative estimate of drug-likeness (QED) is 0.337. The van der Waals surface area contributed by atoms with Gasteiger partial charge in [-0.15, -0.1) is 0 Å². The maximum atomic E-state index is 2.31. The Kier molecular flexibility index (Phi) is 20.7. The molecule has 0 aliphatic carbocycles. The van der Waals surface area contributed by atoms with E-state index < -0.39 is 0 Å². The lowest BCUT2D eigenvalue weighted by Crippen LogP contribution is -1.95. The molecule has 24 heavy (non-hydrogen) atoms. The van der Waals surface area contributed by atoms with Crippen LogP contribution in [0.5, 0.6) is 0 Å². The highest BCUT2D eigenvalue weighted by Gasteiger charge is 2.02. The van der Waals surface area contributed by atoms with E-state index in [9.17, 15) is 0 Å². The first-order valence-corrected chi connectivity index (χ1v) is 9.55. The molecule has 0 aromatic rings. The van der Waals surface area contributed by atoms with E-state index in [0.29, 0.717) is 11.8 Å². The van der Waals surface area contributed by atoms with Crippen LogP contribution in [0.3, 0.4) is 0 Å². The third kappa shape index (κ3) is 17.1. The Labute approximate surface area is 154 Å². The molecule has 0 spiro atoms. The van der Waals surface area contributed by atoms with Gasteiger partial charge in [0.2, 0.25) is 0 Å². The van der Waals surface area contributed by atoms with E-state index in [4.69, 9.17) is 0 Å². The second-order valence-electron chi connectivity index (χ2n) is 6.27. The third-order valence-corrected chi connectivity index (χ3v) is 3.48. The summed E-state index contributed by atoms with van der Waals surface area (Å²) in [4.78, 5) is 0. The van der Waals surface area contributed by atoms with Crippen LogP contribution >= 0.6 is 0 Å². The number of hydrogen-bond acceptors (Lipinski definition) is 0. The first kappa shape index (κ1) is 27.5. The Balaban J connectivity index is -0.00000102. The molecule has 0 heterocycles. The lowest BCUT2D eigenvalue weighted by atomic mass is 9.96. The van der Waals surface area contributed by atoms with Gasteiger partial charge in [-0.3, -0.25) is 0 Å². The molecule has 0 saturated carbocycles. The summed E-state index contributed by atoms with van der Waals surface area (Å²) in [5.41, 5.74) is 5.49. The second kappa shape index (κ2) is 18.0. The van der Waals surface area contributed by atoms with Gasteiger partial charge in [0.1, 0.15) is 0 Å². The highest BCUT2D eigenvalue weighted by Crippen LogP contribution is 2.17. The Morgan fingerprint density at radius 3 is 0.958 bits per heavy atom. The molecule has 0 rings (SSSR count). The number of hydrogen-bond donors (Lipinski definition) is 0. The van der Waals surface area contributed by atoms with E-state index in [1.54, 1.807) is 0 Å². The molecule has 0 nitrogen and oxygen atoms in total. The third-order valence-electron chi connectivity index (χ3n) is 3.48. The first-order valence-electron chi connectivity index (χ1n) is 9.55. The summed E-state index contributed by atoms with van der Waals surface area (Å²) < 4.78 is 0. The molecule has 0 aromatic carbocycles. The average Bonchev–Trinajstić information content (AvgIpc) is 2.58. The summed E-state index contributed by atoms with van der Waals surface area (Å²) in [6.45, 7) is 25.4. The van der Waals surface area contributed by atoms with Crippen molar-refractivity contribution in [3.05, 3.63) is 58.7 Å². The molecule has 2 atom stereocenters. The molecule has 0 aliphatic heterocycles. The molecule has 0 saturated heterocycles. The number of rotatable bonds is 6. The van der Waals surface area contributed by atoms with Crippen LogP contribution in [0, 0.1) is 11.8 Å². The molecule has 0 radical (unpaired) electrons. The van der Waals surface area contributed by atoms with Crippen molar-refractivity contribution < 1.29 is 0 Å².